The molecule has 4 aliphatic rings. The van der Waals surface area contributed by atoms with Gasteiger partial charge in [-0.15, -0.1) is 0 Å². The Morgan fingerprint density at radius 2 is 1.72 bits per heavy atom. The summed E-state index contributed by atoms with van der Waals surface area (Å²) in [5, 5.41) is 11.8. The molecule has 0 bridgehead atoms. The molecule has 8 atom stereocenters. The monoisotopic (exact) mass is 535 g/mol. The van der Waals surface area contributed by atoms with Gasteiger partial charge in [0.25, 0.3) is 5.69 Å². The third-order valence-electron chi connectivity index (χ3n) is 10.7. The topological polar surface area (TPSA) is 95.7 Å². The van der Waals surface area contributed by atoms with Crippen LogP contribution in [0.5, 0.6) is 0 Å². The molecule has 4 aliphatic carbocycles. The Balaban J connectivity index is 1.41. The van der Waals surface area contributed by atoms with Gasteiger partial charge in [-0.05, 0) is 73.2 Å². The minimum atomic E-state index is -0.712. The zero-order valence-corrected chi connectivity index (χ0v) is 23.8. The van der Waals surface area contributed by atoms with Crippen LogP contribution in [0, 0.1) is 44.6 Å². The predicted octanol–water partition coefficient (Wildman–Crippen LogP) is 7.27. The van der Waals surface area contributed by atoms with Crippen LogP contribution in [0.3, 0.4) is 0 Å². The number of benzene rings is 1. The number of hydrogen-bond donors (Lipinski definition) is 0. The minimum Gasteiger partial charge on any atom is -0.462 e. The summed E-state index contributed by atoms with van der Waals surface area (Å²) in [6.07, 6.45) is 11.1. The molecule has 0 radical (unpaired) electrons. The molecular formula is C32H41NO6. The van der Waals surface area contributed by atoms with Crippen molar-refractivity contribution in [2.24, 2.45) is 34.5 Å². The molecule has 2 fully saturated rings. The number of ether oxygens (including phenoxy) is 2. The molecule has 7 heteroatoms. The fraction of sp³-hybridized carbons (Fsp3) is 0.625. The average Bonchev–Trinajstić information content (AvgIpc) is 3.24. The summed E-state index contributed by atoms with van der Waals surface area (Å²) in [5.74, 6) is 0.830. The van der Waals surface area contributed by atoms with Gasteiger partial charge in [-0.25, -0.2) is 0 Å². The van der Waals surface area contributed by atoms with Crippen LogP contribution in [0.2, 0.25) is 0 Å². The fourth-order valence-corrected chi connectivity index (χ4v) is 8.94. The number of para-hydroxylation sites is 1. The third kappa shape index (κ3) is 4.72. The van der Waals surface area contributed by atoms with E-state index < -0.39 is 12.1 Å². The Labute approximate surface area is 231 Å². The van der Waals surface area contributed by atoms with Crippen LogP contribution >= 0.6 is 0 Å². The van der Waals surface area contributed by atoms with E-state index in [9.17, 15) is 19.7 Å². The Morgan fingerprint density at radius 3 is 2.41 bits per heavy atom. The SMILES string of the molecule is CC(=O)O[C@H]1CC[C@@]2(C)C(=CC[C@@H]3[C@@H]2CC[C@]2(C)C([C@H](C)[C@@H](OC(C)=O)c4ccccc4[N+](=O)[O-])=CC[C@@H]32)C1. The molecule has 0 saturated heterocycles. The second-order valence-corrected chi connectivity index (χ2v) is 12.7. The smallest absolute Gasteiger partial charge is 0.303 e. The number of rotatable bonds is 6. The van der Waals surface area contributed by atoms with Gasteiger partial charge in [0, 0.05) is 32.3 Å². The van der Waals surface area contributed by atoms with Crippen molar-refractivity contribution in [3.8, 4) is 0 Å². The lowest BCUT2D eigenvalue weighted by Crippen LogP contribution is -2.50. The Kier molecular flexibility index (Phi) is 7.23. The fourth-order valence-electron chi connectivity index (χ4n) is 8.94. The molecule has 5 rings (SSSR count). The van der Waals surface area contributed by atoms with Crippen LogP contribution < -0.4 is 0 Å². The Hall–Kier alpha value is -2.96. The third-order valence-corrected chi connectivity index (χ3v) is 10.7. The van der Waals surface area contributed by atoms with Crippen LogP contribution in [-0.4, -0.2) is 23.0 Å². The lowest BCUT2D eigenvalue weighted by molar-refractivity contribution is -0.386. The number of esters is 2. The summed E-state index contributed by atoms with van der Waals surface area (Å²) >= 11 is 0. The predicted molar refractivity (Wildman–Crippen MR) is 147 cm³/mol. The molecule has 0 aliphatic heterocycles. The highest BCUT2D eigenvalue weighted by molar-refractivity contribution is 5.67. The summed E-state index contributed by atoms with van der Waals surface area (Å²) in [4.78, 5) is 35.2. The molecule has 0 heterocycles. The first-order chi connectivity index (χ1) is 18.5. The Bertz CT molecular complexity index is 1230. The summed E-state index contributed by atoms with van der Waals surface area (Å²) < 4.78 is 11.4. The molecule has 0 unspecified atom stereocenters. The van der Waals surface area contributed by atoms with Crippen LogP contribution in [0.15, 0.2) is 47.6 Å². The van der Waals surface area contributed by atoms with Crippen molar-refractivity contribution in [1.29, 1.82) is 0 Å². The van der Waals surface area contributed by atoms with Gasteiger partial charge in [0.15, 0.2) is 0 Å². The van der Waals surface area contributed by atoms with Crippen LogP contribution in [0.1, 0.15) is 91.2 Å². The lowest BCUT2D eigenvalue weighted by atomic mass is 9.47. The first kappa shape index (κ1) is 27.6. The average molecular weight is 536 g/mol. The lowest BCUT2D eigenvalue weighted by Gasteiger charge is -2.58. The van der Waals surface area contributed by atoms with Crippen molar-refractivity contribution in [3.05, 3.63) is 63.2 Å². The van der Waals surface area contributed by atoms with Crippen LogP contribution in [0.4, 0.5) is 5.69 Å². The maximum atomic E-state index is 12.2. The Morgan fingerprint density at radius 1 is 1.00 bits per heavy atom. The second-order valence-electron chi connectivity index (χ2n) is 12.7. The molecule has 1 aromatic carbocycles. The number of carbonyl (C=O) groups excluding carboxylic acids is 2. The first-order valence-corrected chi connectivity index (χ1v) is 14.4. The molecule has 1 aromatic rings. The van der Waals surface area contributed by atoms with Crippen LogP contribution in [0.25, 0.3) is 0 Å². The number of fused-ring (bicyclic) bond motifs is 5. The van der Waals surface area contributed by atoms with Gasteiger partial charge in [-0.3, -0.25) is 19.7 Å². The normalized spacial score (nSPS) is 34.8. The highest BCUT2D eigenvalue weighted by Gasteiger charge is 2.58. The van der Waals surface area contributed by atoms with Gasteiger partial charge in [0.05, 0.1) is 10.5 Å². The van der Waals surface area contributed by atoms with Crippen molar-refractivity contribution in [2.75, 3.05) is 0 Å². The van der Waals surface area contributed by atoms with Crippen molar-refractivity contribution >= 4 is 17.6 Å². The quantitative estimate of drug-likeness (QED) is 0.165. The van der Waals surface area contributed by atoms with E-state index in [-0.39, 0.29) is 39.4 Å². The molecule has 7 nitrogen and oxygen atoms in total. The summed E-state index contributed by atoms with van der Waals surface area (Å²) in [5.41, 5.74) is 3.28. The largest absolute Gasteiger partial charge is 0.462 e. The maximum absolute atomic E-state index is 12.2. The van der Waals surface area contributed by atoms with E-state index in [4.69, 9.17) is 9.47 Å². The van der Waals surface area contributed by atoms with Gasteiger partial charge in [-0.2, -0.15) is 0 Å². The molecule has 0 N–H and O–H groups in total. The maximum Gasteiger partial charge on any atom is 0.303 e. The van der Waals surface area contributed by atoms with Gasteiger partial charge in [-0.1, -0.05) is 56.2 Å². The zero-order chi connectivity index (χ0) is 28.1. The second kappa shape index (κ2) is 10.2. The summed E-state index contributed by atoms with van der Waals surface area (Å²) in [6, 6.07) is 6.62. The van der Waals surface area contributed by atoms with Gasteiger partial charge in [0.2, 0.25) is 0 Å². The van der Waals surface area contributed by atoms with Crippen LogP contribution in [-0.2, 0) is 19.1 Å². The van der Waals surface area contributed by atoms with Gasteiger partial charge in [0.1, 0.15) is 12.2 Å². The number of nitrogens with zero attached hydrogens (tertiary/aromatic N) is 1. The highest BCUT2D eigenvalue weighted by atomic mass is 16.6. The van der Waals surface area contributed by atoms with E-state index >= 15 is 0 Å². The number of carbonyl (C=O) groups is 2. The number of nitro groups is 1. The van der Waals surface area contributed by atoms with Crippen molar-refractivity contribution in [3.63, 3.8) is 0 Å². The summed E-state index contributed by atoms with van der Waals surface area (Å²) in [6.45, 7) is 9.73. The number of hydrogen-bond acceptors (Lipinski definition) is 6. The standard InChI is InChI=1S/C32H41NO6/c1-19(30(39-21(3)35)25-8-6-7-9-29(25)33(36)37)26-12-13-27-24-11-10-22-18-23(38-20(2)34)14-16-31(22,4)28(24)15-17-32(26,27)5/h6-10,12,19,23-24,27-28,30H,11,13-18H2,1-5H3/t19-,23-,24-,27-,28-,30+,31-,32+/m0/s1. The molecule has 210 valence electrons. The van der Waals surface area contributed by atoms with Crippen molar-refractivity contribution in [1.82, 2.24) is 0 Å². The zero-order valence-electron chi connectivity index (χ0n) is 23.8. The van der Waals surface area contributed by atoms with E-state index in [0.717, 1.165) is 44.9 Å². The van der Waals surface area contributed by atoms with E-state index in [1.807, 2.05) is 0 Å². The molecule has 0 amide bonds. The minimum absolute atomic E-state index is 0.00640. The number of nitro benzene ring substituents is 1. The van der Waals surface area contributed by atoms with Crippen molar-refractivity contribution in [2.45, 2.75) is 91.8 Å². The highest BCUT2D eigenvalue weighted by Crippen LogP contribution is 2.66. The summed E-state index contributed by atoms with van der Waals surface area (Å²) in [7, 11) is 0. The van der Waals surface area contributed by atoms with Crippen molar-refractivity contribution < 1.29 is 24.0 Å². The molecule has 0 aromatic heterocycles. The van der Waals surface area contributed by atoms with E-state index in [1.165, 1.54) is 31.1 Å². The first-order valence-electron chi connectivity index (χ1n) is 14.4. The number of allylic oxidation sites excluding steroid dienone is 2. The molecule has 2 saturated carbocycles. The molecule has 0 spiro atoms. The van der Waals surface area contributed by atoms with E-state index in [1.54, 1.807) is 18.2 Å². The van der Waals surface area contributed by atoms with Gasteiger partial charge < -0.3 is 9.47 Å². The van der Waals surface area contributed by atoms with E-state index in [0.29, 0.717) is 23.3 Å². The molecule has 39 heavy (non-hydrogen) atoms. The van der Waals surface area contributed by atoms with E-state index in [2.05, 4.69) is 32.9 Å². The molecular weight excluding hydrogens is 494 g/mol. The van der Waals surface area contributed by atoms with Gasteiger partial charge >= 0.3 is 11.9 Å².